The van der Waals surface area contributed by atoms with Crippen molar-refractivity contribution in [1.29, 1.82) is 0 Å². The summed E-state index contributed by atoms with van der Waals surface area (Å²) in [5.74, 6) is 0.855. The minimum absolute atomic E-state index is 0.160. The molecule has 1 aromatic rings. The van der Waals surface area contributed by atoms with Gasteiger partial charge in [-0.25, -0.2) is 0 Å². The Morgan fingerprint density at radius 3 is 2.55 bits per heavy atom. The summed E-state index contributed by atoms with van der Waals surface area (Å²) >= 11 is 0. The Bertz CT molecular complexity index is 465. The molecule has 0 saturated carbocycles. The van der Waals surface area contributed by atoms with Gasteiger partial charge in [0.15, 0.2) is 6.10 Å². The molecule has 112 valence electrons. The number of nitrogens with one attached hydrogen (secondary N) is 1. The van der Waals surface area contributed by atoms with Crippen LogP contribution in [-0.2, 0) is 11.4 Å². The monoisotopic (exact) mass is 281 g/mol. The summed E-state index contributed by atoms with van der Waals surface area (Å²) in [5.41, 5.74) is 0.296. The fourth-order valence-electron chi connectivity index (χ4n) is 1.62. The third-order valence-electron chi connectivity index (χ3n) is 2.62. The minimum Gasteiger partial charge on any atom is -0.497 e. The van der Waals surface area contributed by atoms with Gasteiger partial charge in [-0.05, 0) is 39.8 Å². The number of amides is 1. The molecule has 0 radical (unpaired) electrons. The van der Waals surface area contributed by atoms with E-state index in [-0.39, 0.29) is 18.1 Å². The molecule has 0 aliphatic heterocycles. The van der Waals surface area contributed by atoms with Gasteiger partial charge in [0.05, 0.1) is 13.7 Å². The lowest BCUT2D eigenvalue weighted by Gasteiger charge is -2.24. The first kappa shape index (κ1) is 16.3. The maximum atomic E-state index is 12.0. The van der Waals surface area contributed by atoms with Crippen LogP contribution < -0.4 is 14.8 Å². The molecule has 0 spiro atoms. The molecule has 0 aliphatic carbocycles. The van der Waals surface area contributed by atoms with Crippen LogP contribution in [0.15, 0.2) is 18.2 Å². The van der Waals surface area contributed by atoms with E-state index >= 15 is 0 Å². The topological polar surface area (TPSA) is 67.8 Å². The molecule has 0 bridgehead atoms. The third kappa shape index (κ3) is 4.74. The van der Waals surface area contributed by atoms with Crippen LogP contribution in [0.1, 0.15) is 33.3 Å². The number of aliphatic hydroxyl groups excluding tert-OH is 1. The molecule has 5 nitrogen and oxygen atoms in total. The predicted molar refractivity (Wildman–Crippen MR) is 76.9 cm³/mol. The first-order chi connectivity index (χ1) is 9.26. The molecule has 0 aromatic heterocycles. The smallest absolute Gasteiger partial charge is 0.261 e. The molecule has 20 heavy (non-hydrogen) atoms. The highest BCUT2D eigenvalue weighted by atomic mass is 16.5. The lowest BCUT2D eigenvalue weighted by molar-refractivity contribution is -0.128. The number of benzene rings is 1. The van der Waals surface area contributed by atoms with Crippen molar-refractivity contribution in [3.05, 3.63) is 23.8 Å². The quantitative estimate of drug-likeness (QED) is 0.864. The average molecular weight is 281 g/mol. The molecule has 0 fully saturated rings. The van der Waals surface area contributed by atoms with E-state index in [0.29, 0.717) is 17.1 Å². The van der Waals surface area contributed by atoms with Gasteiger partial charge >= 0.3 is 0 Å². The van der Waals surface area contributed by atoms with E-state index in [9.17, 15) is 9.90 Å². The number of hydrogen-bond acceptors (Lipinski definition) is 4. The maximum absolute atomic E-state index is 12.0. The van der Waals surface area contributed by atoms with Gasteiger partial charge in [-0.2, -0.15) is 0 Å². The highest BCUT2D eigenvalue weighted by molar-refractivity contribution is 5.81. The average Bonchev–Trinajstić information content (AvgIpc) is 2.36. The Morgan fingerprint density at radius 2 is 2.05 bits per heavy atom. The van der Waals surface area contributed by atoms with Crippen molar-refractivity contribution >= 4 is 5.91 Å². The fourth-order valence-corrected chi connectivity index (χ4v) is 1.62. The van der Waals surface area contributed by atoms with Crippen LogP contribution in [-0.4, -0.2) is 29.8 Å². The van der Waals surface area contributed by atoms with Gasteiger partial charge in [0.2, 0.25) is 0 Å². The van der Waals surface area contributed by atoms with E-state index < -0.39 is 6.10 Å². The van der Waals surface area contributed by atoms with Gasteiger partial charge in [-0.15, -0.1) is 0 Å². The number of carbonyl (C=O) groups excluding carboxylic acids is 1. The summed E-state index contributed by atoms with van der Waals surface area (Å²) in [6.07, 6.45) is -0.661. The number of hydrogen-bond donors (Lipinski definition) is 2. The zero-order chi connectivity index (χ0) is 15.3. The molecule has 5 heteroatoms. The van der Waals surface area contributed by atoms with Crippen molar-refractivity contribution in [3.8, 4) is 11.5 Å². The van der Waals surface area contributed by atoms with E-state index in [1.807, 2.05) is 20.8 Å². The Balaban J connectivity index is 2.83. The van der Waals surface area contributed by atoms with Gasteiger partial charge in [0.25, 0.3) is 5.91 Å². The molecule has 2 N–H and O–H groups in total. The first-order valence-corrected chi connectivity index (χ1v) is 6.53. The molecule has 0 aliphatic rings. The lowest BCUT2D eigenvalue weighted by Crippen LogP contribution is -2.46. The molecule has 1 atom stereocenters. The van der Waals surface area contributed by atoms with Crippen LogP contribution in [0.4, 0.5) is 0 Å². The second-order valence-electron chi connectivity index (χ2n) is 5.63. The fraction of sp³-hybridized carbons (Fsp3) is 0.533. The Kier molecular flexibility index (Phi) is 5.39. The second-order valence-corrected chi connectivity index (χ2v) is 5.63. The Labute approximate surface area is 119 Å². The molecule has 1 unspecified atom stereocenters. The second kappa shape index (κ2) is 6.61. The van der Waals surface area contributed by atoms with Crippen LogP contribution in [0, 0.1) is 0 Å². The summed E-state index contributed by atoms with van der Waals surface area (Å²) in [5, 5.41) is 12.1. The molecule has 1 aromatic carbocycles. The standard InChI is InChI=1S/C15H23NO4/c1-10(14(18)16-15(2,3)4)20-13-8-12(19-5)7-6-11(13)9-17/h6-8,10,17H,9H2,1-5H3,(H,16,18). The first-order valence-electron chi connectivity index (χ1n) is 6.53. The van der Waals surface area contributed by atoms with E-state index in [4.69, 9.17) is 9.47 Å². The van der Waals surface area contributed by atoms with E-state index in [2.05, 4.69) is 5.32 Å². The van der Waals surface area contributed by atoms with E-state index in [1.165, 1.54) is 0 Å². The van der Waals surface area contributed by atoms with Crippen LogP contribution in [0.25, 0.3) is 0 Å². The molecule has 1 rings (SSSR count). The normalized spacial score (nSPS) is 12.7. The van der Waals surface area contributed by atoms with Gasteiger partial charge in [-0.3, -0.25) is 4.79 Å². The van der Waals surface area contributed by atoms with Crippen LogP contribution in [0.5, 0.6) is 11.5 Å². The van der Waals surface area contributed by atoms with Crippen molar-refractivity contribution in [1.82, 2.24) is 5.32 Å². The highest BCUT2D eigenvalue weighted by Gasteiger charge is 2.21. The van der Waals surface area contributed by atoms with Crippen LogP contribution >= 0.6 is 0 Å². The SMILES string of the molecule is COc1ccc(CO)c(OC(C)C(=O)NC(C)(C)C)c1. The van der Waals surface area contributed by atoms with Gasteiger partial charge in [-0.1, -0.05) is 0 Å². The minimum atomic E-state index is -0.661. The molecular formula is C15H23NO4. The molecule has 1 amide bonds. The molecule has 0 saturated heterocycles. The molecule has 0 heterocycles. The zero-order valence-corrected chi connectivity index (χ0v) is 12.7. The van der Waals surface area contributed by atoms with Crippen LogP contribution in [0.2, 0.25) is 0 Å². The lowest BCUT2D eigenvalue weighted by atomic mass is 10.1. The third-order valence-corrected chi connectivity index (χ3v) is 2.62. The predicted octanol–water partition coefficient (Wildman–Crippen LogP) is 1.87. The summed E-state index contributed by atoms with van der Waals surface area (Å²) in [4.78, 5) is 12.0. The van der Waals surface area contributed by atoms with Crippen molar-refractivity contribution in [2.45, 2.75) is 45.9 Å². The highest BCUT2D eigenvalue weighted by Crippen LogP contribution is 2.26. The number of methoxy groups -OCH3 is 1. The number of aliphatic hydroxyl groups is 1. The maximum Gasteiger partial charge on any atom is 0.261 e. The van der Waals surface area contributed by atoms with Gasteiger partial charge in [0, 0.05) is 17.2 Å². The summed E-state index contributed by atoms with van der Waals surface area (Å²) in [6, 6.07) is 5.10. The Hall–Kier alpha value is -1.75. The van der Waals surface area contributed by atoms with Crippen molar-refractivity contribution in [2.24, 2.45) is 0 Å². The van der Waals surface area contributed by atoms with Crippen LogP contribution in [0.3, 0.4) is 0 Å². The zero-order valence-electron chi connectivity index (χ0n) is 12.7. The largest absolute Gasteiger partial charge is 0.497 e. The van der Waals surface area contributed by atoms with Crippen molar-refractivity contribution in [3.63, 3.8) is 0 Å². The molecular weight excluding hydrogens is 258 g/mol. The number of ether oxygens (including phenoxy) is 2. The number of carbonyl (C=O) groups is 1. The van der Waals surface area contributed by atoms with Gasteiger partial charge < -0.3 is 19.9 Å². The van der Waals surface area contributed by atoms with E-state index in [1.54, 1.807) is 32.2 Å². The number of rotatable bonds is 5. The van der Waals surface area contributed by atoms with Crippen molar-refractivity contribution in [2.75, 3.05) is 7.11 Å². The summed E-state index contributed by atoms with van der Waals surface area (Å²) < 4.78 is 10.7. The van der Waals surface area contributed by atoms with E-state index in [0.717, 1.165) is 0 Å². The summed E-state index contributed by atoms with van der Waals surface area (Å²) in [7, 11) is 1.55. The summed E-state index contributed by atoms with van der Waals surface area (Å²) in [6.45, 7) is 7.22. The Morgan fingerprint density at radius 1 is 1.40 bits per heavy atom. The van der Waals surface area contributed by atoms with Crippen molar-refractivity contribution < 1.29 is 19.4 Å². The van der Waals surface area contributed by atoms with Gasteiger partial charge in [0.1, 0.15) is 11.5 Å².